The number of rotatable bonds is 2. The maximum atomic E-state index is 11.4. The average molecular weight is 275 g/mol. The second kappa shape index (κ2) is 5.50. The molecule has 2 aliphatic heterocycles. The van der Waals surface area contributed by atoms with E-state index in [1.165, 1.54) is 5.56 Å². The van der Waals surface area contributed by atoms with Crippen molar-refractivity contribution in [1.82, 2.24) is 15.2 Å². The summed E-state index contributed by atoms with van der Waals surface area (Å²) in [5, 5.41) is 3.01. The number of nitrogens with one attached hydrogen (secondary N) is 1. The van der Waals surface area contributed by atoms with Crippen LogP contribution in [0.15, 0.2) is 24.5 Å². The fraction of sp³-hybridized carbons (Fsp3) is 0.600. The van der Waals surface area contributed by atoms with Gasteiger partial charge in [0.25, 0.3) is 0 Å². The van der Waals surface area contributed by atoms with Crippen LogP contribution in [0.25, 0.3) is 0 Å². The van der Waals surface area contributed by atoms with Gasteiger partial charge in [-0.05, 0) is 31.4 Å². The summed E-state index contributed by atoms with van der Waals surface area (Å²) in [7, 11) is 0. The molecular weight excluding hydrogens is 254 g/mol. The highest BCUT2D eigenvalue weighted by atomic mass is 16.5. The largest absolute Gasteiger partial charge is 0.363 e. The average Bonchev–Trinajstić information content (AvgIpc) is 2.47. The van der Waals surface area contributed by atoms with E-state index >= 15 is 0 Å². The first-order valence-electron chi connectivity index (χ1n) is 7.22. The predicted molar refractivity (Wildman–Crippen MR) is 75.0 cm³/mol. The number of carbonyl (C=O) groups is 1. The van der Waals surface area contributed by atoms with Gasteiger partial charge in [-0.25, -0.2) is 0 Å². The molecule has 1 atom stereocenters. The fourth-order valence-electron chi connectivity index (χ4n) is 3.17. The summed E-state index contributed by atoms with van der Waals surface area (Å²) in [6, 6.07) is 4.18. The van der Waals surface area contributed by atoms with Crippen molar-refractivity contribution in [1.29, 1.82) is 0 Å². The van der Waals surface area contributed by atoms with Gasteiger partial charge in [-0.2, -0.15) is 0 Å². The Labute approximate surface area is 119 Å². The van der Waals surface area contributed by atoms with Crippen molar-refractivity contribution in [2.75, 3.05) is 19.7 Å². The first-order chi connectivity index (χ1) is 9.68. The molecule has 0 bridgehead atoms. The zero-order valence-electron chi connectivity index (χ0n) is 11.8. The second-order valence-electron chi connectivity index (χ2n) is 5.78. The molecular formula is C15H21N3O2. The first kappa shape index (κ1) is 13.5. The molecule has 5 nitrogen and oxygen atoms in total. The van der Waals surface area contributed by atoms with E-state index in [1.54, 1.807) is 6.20 Å². The van der Waals surface area contributed by atoms with Crippen molar-refractivity contribution in [2.45, 2.75) is 38.0 Å². The van der Waals surface area contributed by atoms with Crippen molar-refractivity contribution in [3.63, 3.8) is 0 Å². The molecule has 0 aromatic carbocycles. The number of aromatic nitrogens is 1. The van der Waals surface area contributed by atoms with E-state index in [0.29, 0.717) is 0 Å². The molecule has 2 fully saturated rings. The highest BCUT2D eigenvalue weighted by molar-refractivity contribution is 5.78. The molecule has 0 radical (unpaired) electrons. The minimum absolute atomic E-state index is 0.000847. The van der Waals surface area contributed by atoms with Gasteiger partial charge < -0.3 is 10.1 Å². The van der Waals surface area contributed by atoms with E-state index in [9.17, 15) is 4.79 Å². The summed E-state index contributed by atoms with van der Waals surface area (Å²) in [4.78, 5) is 17.9. The molecule has 1 N–H and O–H groups in total. The van der Waals surface area contributed by atoms with Crippen LogP contribution < -0.4 is 5.32 Å². The summed E-state index contributed by atoms with van der Waals surface area (Å²) >= 11 is 0. The molecule has 0 saturated carbocycles. The molecule has 0 unspecified atom stereocenters. The van der Waals surface area contributed by atoms with Crippen molar-refractivity contribution < 1.29 is 9.53 Å². The van der Waals surface area contributed by atoms with Gasteiger partial charge in [0.2, 0.25) is 5.91 Å². The lowest BCUT2D eigenvalue weighted by Crippen LogP contribution is -2.62. The Kier molecular flexibility index (Phi) is 3.72. The van der Waals surface area contributed by atoms with E-state index < -0.39 is 0 Å². The van der Waals surface area contributed by atoms with E-state index in [2.05, 4.69) is 21.3 Å². The predicted octanol–water partition coefficient (Wildman–Crippen LogP) is 0.951. The van der Waals surface area contributed by atoms with Crippen LogP contribution in [0.5, 0.6) is 0 Å². The number of hydrogen-bond donors (Lipinski definition) is 1. The van der Waals surface area contributed by atoms with Crippen LogP contribution in [-0.4, -0.2) is 47.1 Å². The Balaban J connectivity index is 1.58. The van der Waals surface area contributed by atoms with Crippen LogP contribution in [0.1, 0.15) is 25.3 Å². The van der Waals surface area contributed by atoms with Crippen LogP contribution in [0, 0.1) is 0 Å². The van der Waals surface area contributed by atoms with E-state index in [1.807, 2.05) is 19.2 Å². The topological polar surface area (TPSA) is 54.5 Å². The van der Waals surface area contributed by atoms with E-state index in [4.69, 9.17) is 4.74 Å². The van der Waals surface area contributed by atoms with Crippen LogP contribution >= 0.6 is 0 Å². The third-order valence-corrected chi connectivity index (χ3v) is 4.49. The number of piperidine rings is 1. The van der Waals surface area contributed by atoms with Crippen LogP contribution in [0.3, 0.4) is 0 Å². The van der Waals surface area contributed by atoms with Gasteiger partial charge >= 0.3 is 0 Å². The third-order valence-electron chi connectivity index (χ3n) is 4.49. The molecule has 108 valence electrons. The summed E-state index contributed by atoms with van der Waals surface area (Å²) in [6.07, 6.45) is 5.66. The summed E-state index contributed by atoms with van der Waals surface area (Å²) in [5.74, 6) is 0.000847. The zero-order valence-corrected chi connectivity index (χ0v) is 11.8. The summed E-state index contributed by atoms with van der Waals surface area (Å²) in [5.41, 5.74) is 1.08. The van der Waals surface area contributed by atoms with Crippen LogP contribution in [-0.2, 0) is 16.1 Å². The van der Waals surface area contributed by atoms with Crippen molar-refractivity contribution in [3.8, 4) is 0 Å². The Morgan fingerprint density at radius 1 is 1.50 bits per heavy atom. The third kappa shape index (κ3) is 2.69. The highest BCUT2D eigenvalue weighted by Crippen LogP contribution is 2.32. The van der Waals surface area contributed by atoms with Gasteiger partial charge in [0.15, 0.2) is 0 Å². The molecule has 3 rings (SSSR count). The van der Waals surface area contributed by atoms with Gasteiger partial charge in [0.1, 0.15) is 6.61 Å². The van der Waals surface area contributed by atoms with Crippen molar-refractivity contribution in [3.05, 3.63) is 30.1 Å². The van der Waals surface area contributed by atoms with Crippen molar-refractivity contribution >= 4 is 5.91 Å². The quantitative estimate of drug-likeness (QED) is 0.873. The van der Waals surface area contributed by atoms with Crippen LogP contribution in [0.2, 0.25) is 0 Å². The number of morpholine rings is 1. The smallest absolute Gasteiger partial charge is 0.246 e. The molecule has 2 saturated heterocycles. The Morgan fingerprint density at radius 3 is 2.95 bits per heavy atom. The molecule has 1 spiro atoms. The lowest BCUT2D eigenvalue weighted by atomic mass is 9.83. The van der Waals surface area contributed by atoms with E-state index in [-0.39, 0.29) is 24.2 Å². The van der Waals surface area contributed by atoms with E-state index in [0.717, 1.165) is 32.5 Å². The maximum Gasteiger partial charge on any atom is 0.246 e. The minimum atomic E-state index is -0.167. The summed E-state index contributed by atoms with van der Waals surface area (Å²) < 4.78 is 5.88. The standard InChI is InChI=1S/C15H21N3O2/c1-12-15(20-11-14(19)17-12)4-7-18(8-5-15)10-13-3-2-6-16-9-13/h2-3,6,9,12H,4-5,7-8,10-11H2,1H3,(H,17,19)/t12-/m0/s1. The number of amides is 1. The first-order valence-corrected chi connectivity index (χ1v) is 7.22. The normalized spacial score (nSPS) is 26.4. The number of ether oxygens (including phenoxy) is 1. The van der Waals surface area contributed by atoms with Gasteiger partial charge in [-0.3, -0.25) is 14.7 Å². The lowest BCUT2D eigenvalue weighted by Gasteiger charge is -2.47. The number of hydrogen-bond acceptors (Lipinski definition) is 4. The van der Waals surface area contributed by atoms with Gasteiger partial charge in [0, 0.05) is 32.0 Å². The Morgan fingerprint density at radius 2 is 2.30 bits per heavy atom. The Bertz CT molecular complexity index is 469. The Hall–Kier alpha value is -1.46. The minimum Gasteiger partial charge on any atom is -0.363 e. The SMILES string of the molecule is C[C@@H]1NC(=O)COC12CCN(Cc1cccnc1)CC2. The van der Waals surface area contributed by atoms with Crippen LogP contribution in [0.4, 0.5) is 0 Å². The second-order valence-corrected chi connectivity index (χ2v) is 5.78. The molecule has 1 aromatic heterocycles. The number of likely N-dealkylation sites (tertiary alicyclic amines) is 1. The monoisotopic (exact) mass is 275 g/mol. The molecule has 1 aromatic rings. The number of carbonyl (C=O) groups excluding carboxylic acids is 1. The molecule has 2 aliphatic rings. The van der Waals surface area contributed by atoms with Gasteiger partial charge in [0.05, 0.1) is 11.6 Å². The molecule has 1 amide bonds. The van der Waals surface area contributed by atoms with Gasteiger partial charge in [-0.15, -0.1) is 0 Å². The molecule has 3 heterocycles. The highest BCUT2D eigenvalue weighted by Gasteiger charge is 2.44. The summed E-state index contributed by atoms with van der Waals surface area (Å²) in [6.45, 7) is 5.18. The number of nitrogens with zero attached hydrogens (tertiary/aromatic N) is 2. The number of pyridine rings is 1. The maximum absolute atomic E-state index is 11.4. The fourth-order valence-corrected chi connectivity index (χ4v) is 3.17. The zero-order chi connectivity index (χ0) is 14.0. The molecule has 5 heteroatoms. The van der Waals surface area contributed by atoms with Crippen molar-refractivity contribution in [2.24, 2.45) is 0 Å². The molecule has 20 heavy (non-hydrogen) atoms. The lowest BCUT2D eigenvalue weighted by molar-refractivity contribution is -0.159. The van der Waals surface area contributed by atoms with Gasteiger partial charge in [-0.1, -0.05) is 6.07 Å². The molecule has 0 aliphatic carbocycles.